The quantitative estimate of drug-likeness (QED) is 0.445. The van der Waals surface area contributed by atoms with Crippen molar-refractivity contribution in [1.29, 1.82) is 0 Å². The highest BCUT2D eigenvalue weighted by molar-refractivity contribution is 5.70. The number of rotatable bonds is 7. The average Bonchev–Trinajstić information content (AvgIpc) is 2.68. The van der Waals surface area contributed by atoms with Gasteiger partial charge in [0, 0.05) is 12.0 Å². The summed E-state index contributed by atoms with van der Waals surface area (Å²) in [5.41, 5.74) is 3.18. The van der Waals surface area contributed by atoms with Crippen LogP contribution in [0.3, 0.4) is 0 Å². The van der Waals surface area contributed by atoms with E-state index in [0.717, 1.165) is 41.9 Å². The molecule has 0 aliphatic carbocycles. The summed E-state index contributed by atoms with van der Waals surface area (Å²) >= 11 is 0. The molecule has 0 bridgehead atoms. The van der Waals surface area contributed by atoms with Crippen molar-refractivity contribution >= 4 is 12.2 Å². The molecule has 2 heteroatoms. The molecule has 0 aromatic heterocycles. The maximum atomic E-state index is 8.64. The van der Waals surface area contributed by atoms with Crippen LogP contribution in [0, 0.1) is 23.7 Å². The molecule has 0 unspecified atom stereocenters. The summed E-state index contributed by atoms with van der Waals surface area (Å²) < 4.78 is 5.67. The monoisotopic (exact) mass is 344 g/mol. The van der Waals surface area contributed by atoms with Crippen LogP contribution in [0.5, 0.6) is 5.75 Å². The molecule has 0 heterocycles. The van der Waals surface area contributed by atoms with E-state index in [0.29, 0.717) is 6.42 Å². The predicted molar refractivity (Wildman–Crippen MR) is 109 cm³/mol. The first-order chi connectivity index (χ1) is 12.8. The van der Waals surface area contributed by atoms with Crippen molar-refractivity contribution in [2.75, 3.05) is 13.2 Å². The second-order valence-corrected chi connectivity index (χ2v) is 5.75. The minimum Gasteiger partial charge on any atom is -0.494 e. The van der Waals surface area contributed by atoms with Crippen LogP contribution >= 0.6 is 0 Å². The van der Waals surface area contributed by atoms with Crippen LogP contribution in [0.4, 0.5) is 0 Å². The molecule has 26 heavy (non-hydrogen) atoms. The lowest BCUT2D eigenvalue weighted by atomic mass is 10.1. The van der Waals surface area contributed by atoms with Gasteiger partial charge in [-0.2, -0.15) is 0 Å². The van der Waals surface area contributed by atoms with Crippen LogP contribution in [0.2, 0.25) is 0 Å². The summed E-state index contributed by atoms with van der Waals surface area (Å²) in [7, 11) is 0. The van der Waals surface area contributed by atoms with Crippen molar-refractivity contribution in [3.05, 3.63) is 65.2 Å². The Morgan fingerprint density at radius 1 is 0.923 bits per heavy atom. The highest BCUT2D eigenvalue weighted by Gasteiger charge is 1.94. The Bertz CT molecular complexity index is 807. The van der Waals surface area contributed by atoms with Crippen LogP contribution < -0.4 is 4.74 Å². The number of hydrogen-bond acceptors (Lipinski definition) is 2. The summed E-state index contributed by atoms with van der Waals surface area (Å²) in [4.78, 5) is 0. The Kier molecular flexibility index (Phi) is 8.64. The SMILES string of the molecule is CCCCOc1ccc(/C=C/c2ccc(C#CC#CCCO)cc2)cc1. The topological polar surface area (TPSA) is 29.5 Å². The molecule has 0 saturated carbocycles. The smallest absolute Gasteiger partial charge is 0.119 e. The first-order valence-corrected chi connectivity index (χ1v) is 8.92. The minimum atomic E-state index is 0.0737. The van der Waals surface area contributed by atoms with E-state index < -0.39 is 0 Å². The van der Waals surface area contributed by atoms with E-state index in [1.54, 1.807) is 0 Å². The van der Waals surface area contributed by atoms with Crippen molar-refractivity contribution in [3.63, 3.8) is 0 Å². The van der Waals surface area contributed by atoms with Gasteiger partial charge < -0.3 is 9.84 Å². The van der Waals surface area contributed by atoms with E-state index in [1.165, 1.54) is 0 Å². The van der Waals surface area contributed by atoms with Crippen LogP contribution in [-0.2, 0) is 0 Å². The van der Waals surface area contributed by atoms with Gasteiger partial charge in [0.1, 0.15) is 5.75 Å². The summed E-state index contributed by atoms with van der Waals surface area (Å²) in [6.45, 7) is 3.00. The predicted octanol–water partition coefficient (Wildman–Crippen LogP) is 4.77. The number of aliphatic hydroxyl groups excluding tert-OH is 1. The van der Waals surface area contributed by atoms with Gasteiger partial charge in [-0.25, -0.2) is 0 Å². The van der Waals surface area contributed by atoms with Crippen LogP contribution in [0.1, 0.15) is 42.9 Å². The Morgan fingerprint density at radius 3 is 2.19 bits per heavy atom. The zero-order chi connectivity index (χ0) is 18.5. The molecule has 1 N–H and O–H groups in total. The van der Waals surface area contributed by atoms with Gasteiger partial charge in [0.15, 0.2) is 0 Å². The summed E-state index contributed by atoms with van der Waals surface area (Å²) in [6.07, 6.45) is 6.84. The maximum Gasteiger partial charge on any atom is 0.119 e. The van der Waals surface area contributed by atoms with E-state index in [2.05, 4.69) is 54.9 Å². The normalized spacial score (nSPS) is 9.92. The minimum absolute atomic E-state index is 0.0737. The average molecular weight is 344 g/mol. The lowest BCUT2D eigenvalue weighted by Crippen LogP contribution is -1.95. The number of aliphatic hydroxyl groups is 1. The van der Waals surface area contributed by atoms with Crippen molar-refractivity contribution in [2.45, 2.75) is 26.2 Å². The lowest BCUT2D eigenvalue weighted by Gasteiger charge is -2.05. The molecule has 2 aromatic rings. The number of hydrogen-bond donors (Lipinski definition) is 1. The number of ether oxygens (including phenoxy) is 1. The fourth-order valence-corrected chi connectivity index (χ4v) is 2.15. The van der Waals surface area contributed by atoms with Gasteiger partial charge in [-0.3, -0.25) is 0 Å². The van der Waals surface area contributed by atoms with Gasteiger partial charge in [-0.15, -0.1) is 0 Å². The van der Waals surface area contributed by atoms with E-state index in [4.69, 9.17) is 9.84 Å². The molecular weight excluding hydrogens is 320 g/mol. The van der Waals surface area contributed by atoms with Crippen molar-refractivity contribution < 1.29 is 9.84 Å². The first-order valence-electron chi connectivity index (χ1n) is 8.92. The highest BCUT2D eigenvalue weighted by Crippen LogP contribution is 2.15. The lowest BCUT2D eigenvalue weighted by molar-refractivity contribution is 0.305. The third-order valence-corrected chi connectivity index (χ3v) is 3.62. The molecule has 0 aliphatic rings. The molecule has 0 radical (unpaired) electrons. The van der Waals surface area contributed by atoms with E-state index in [1.807, 2.05) is 36.4 Å². The largest absolute Gasteiger partial charge is 0.494 e. The first kappa shape index (κ1) is 19.4. The molecule has 2 aromatic carbocycles. The van der Waals surface area contributed by atoms with Crippen LogP contribution in [0.25, 0.3) is 12.2 Å². The number of benzene rings is 2. The Hall–Kier alpha value is -2.94. The number of unbranched alkanes of at least 4 members (excludes halogenated alkanes) is 1. The van der Waals surface area contributed by atoms with Gasteiger partial charge in [-0.1, -0.05) is 61.6 Å². The molecule has 0 aliphatic heterocycles. The van der Waals surface area contributed by atoms with Gasteiger partial charge in [0.05, 0.1) is 13.2 Å². The summed E-state index contributed by atoms with van der Waals surface area (Å²) in [6, 6.07) is 16.1. The van der Waals surface area contributed by atoms with Gasteiger partial charge in [-0.05, 0) is 53.7 Å². The Balaban J connectivity index is 1.91. The van der Waals surface area contributed by atoms with Crippen molar-refractivity contribution in [1.82, 2.24) is 0 Å². The molecule has 0 spiro atoms. The zero-order valence-corrected chi connectivity index (χ0v) is 15.2. The molecule has 0 amide bonds. The highest BCUT2D eigenvalue weighted by atomic mass is 16.5. The fraction of sp³-hybridized carbons (Fsp3) is 0.250. The maximum absolute atomic E-state index is 8.64. The second kappa shape index (κ2) is 11.6. The van der Waals surface area contributed by atoms with Gasteiger partial charge >= 0.3 is 0 Å². The summed E-state index contributed by atoms with van der Waals surface area (Å²) in [5, 5.41) is 8.64. The van der Waals surface area contributed by atoms with Gasteiger partial charge in [0.2, 0.25) is 0 Å². The van der Waals surface area contributed by atoms with Crippen LogP contribution in [-0.4, -0.2) is 18.3 Å². The zero-order valence-electron chi connectivity index (χ0n) is 15.2. The third-order valence-electron chi connectivity index (χ3n) is 3.62. The summed E-state index contributed by atoms with van der Waals surface area (Å²) in [5.74, 6) is 12.2. The van der Waals surface area contributed by atoms with E-state index in [9.17, 15) is 0 Å². The molecule has 0 fully saturated rings. The molecule has 0 atom stereocenters. The Labute approximate surface area is 156 Å². The van der Waals surface area contributed by atoms with Crippen molar-refractivity contribution in [2.24, 2.45) is 0 Å². The van der Waals surface area contributed by atoms with Crippen LogP contribution in [0.15, 0.2) is 48.5 Å². The van der Waals surface area contributed by atoms with E-state index >= 15 is 0 Å². The molecular formula is C24H24O2. The fourth-order valence-electron chi connectivity index (χ4n) is 2.15. The standard InChI is InChI=1S/C24H24O2/c1-2-3-20-26-24-17-15-23(16-18-24)14-13-22-11-9-21(10-12-22)8-6-4-5-7-19-25/h9-18,25H,2-3,7,19-20H2,1H3/b14-13+. The van der Waals surface area contributed by atoms with Crippen molar-refractivity contribution in [3.8, 4) is 29.4 Å². The Morgan fingerprint density at radius 2 is 1.58 bits per heavy atom. The second-order valence-electron chi connectivity index (χ2n) is 5.75. The molecule has 2 rings (SSSR count). The molecule has 2 nitrogen and oxygen atoms in total. The molecule has 132 valence electrons. The third kappa shape index (κ3) is 7.31. The van der Waals surface area contributed by atoms with Gasteiger partial charge in [0.25, 0.3) is 0 Å². The van der Waals surface area contributed by atoms with E-state index in [-0.39, 0.29) is 6.61 Å². The molecule has 0 saturated heterocycles.